The Balaban J connectivity index is 2.04. The lowest BCUT2D eigenvalue weighted by Gasteiger charge is -2.26. The second-order valence-corrected chi connectivity index (χ2v) is 5.14. The molecule has 3 rings (SSSR count). The summed E-state index contributed by atoms with van der Waals surface area (Å²) in [6.45, 7) is 0.349. The van der Waals surface area contributed by atoms with E-state index in [0.717, 1.165) is 12.1 Å². The normalized spacial score (nSPS) is 21.1. The number of aromatic nitrogens is 2. The van der Waals surface area contributed by atoms with Crippen LogP contribution in [0.2, 0.25) is 0 Å². The summed E-state index contributed by atoms with van der Waals surface area (Å²) in [5.41, 5.74) is -0.198. The molecule has 2 heterocycles. The largest absolute Gasteiger partial charge is 0.380 e. The van der Waals surface area contributed by atoms with Gasteiger partial charge >= 0.3 is 0 Å². The maximum absolute atomic E-state index is 14.3. The predicted octanol–water partition coefficient (Wildman–Crippen LogP) is 2.53. The number of nitrogens with zero attached hydrogens (tertiary/aromatic N) is 3. The van der Waals surface area contributed by atoms with Crippen molar-refractivity contribution in [3.63, 3.8) is 0 Å². The Bertz CT molecular complexity index is 688. The number of aromatic amines is 1. The van der Waals surface area contributed by atoms with Crippen molar-refractivity contribution in [3.8, 4) is 6.07 Å². The molecule has 22 heavy (non-hydrogen) atoms. The zero-order chi connectivity index (χ0) is 15.7. The van der Waals surface area contributed by atoms with Crippen LogP contribution in [0.1, 0.15) is 23.9 Å². The molecule has 0 bridgehead atoms. The summed E-state index contributed by atoms with van der Waals surface area (Å²) in [5.74, 6) is -0.891. The van der Waals surface area contributed by atoms with E-state index in [0.29, 0.717) is 18.8 Å². The highest BCUT2D eigenvalue weighted by Crippen LogP contribution is 2.38. The van der Waals surface area contributed by atoms with Gasteiger partial charge in [-0.05, 0) is 12.1 Å². The topological polar surface area (TPSA) is 64.9 Å². The van der Waals surface area contributed by atoms with Crippen molar-refractivity contribution in [2.75, 3.05) is 18.6 Å². The number of imidazole rings is 1. The monoisotopic (exact) mass is 304 g/mol. The molecule has 1 aliphatic rings. The summed E-state index contributed by atoms with van der Waals surface area (Å²) in [6.07, 6.45) is 3.69. The Hall–Kier alpha value is -2.46. The Morgan fingerprint density at radius 1 is 1.41 bits per heavy atom. The molecule has 0 radical (unpaired) electrons. The van der Waals surface area contributed by atoms with Crippen LogP contribution in [0.25, 0.3) is 0 Å². The molecule has 1 aromatic heterocycles. The number of nitrogens with one attached hydrogen (secondary N) is 1. The number of nitriles is 1. The summed E-state index contributed by atoms with van der Waals surface area (Å²) in [6, 6.07) is 3.51. The van der Waals surface area contributed by atoms with E-state index in [-0.39, 0.29) is 23.4 Å². The van der Waals surface area contributed by atoms with Gasteiger partial charge in [-0.25, -0.2) is 13.8 Å². The Labute approximate surface area is 126 Å². The predicted molar refractivity (Wildman–Crippen MR) is 75.2 cm³/mol. The summed E-state index contributed by atoms with van der Waals surface area (Å²) < 4.78 is 33.9. The van der Waals surface area contributed by atoms with Crippen LogP contribution in [0.15, 0.2) is 24.5 Å². The van der Waals surface area contributed by atoms with Gasteiger partial charge in [0.15, 0.2) is 11.6 Å². The molecule has 1 aromatic carbocycles. The van der Waals surface area contributed by atoms with Gasteiger partial charge in [0.25, 0.3) is 0 Å². The minimum Gasteiger partial charge on any atom is -0.380 e. The second kappa shape index (κ2) is 5.73. The number of halogens is 2. The molecule has 1 N–H and O–H groups in total. The number of benzene rings is 1. The molecule has 0 saturated carbocycles. The number of ether oxygens (including phenoxy) is 1. The number of H-pyrrole nitrogens is 1. The average molecular weight is 304 g/mol. The van der Waals surface area contributed by atoms with Gasteiger partial charge < -0.3 is 14.6 Å². The molecule has 5 nitrogen and oxygen atoms in total. The molecule has 7 heteroatoms. The van der Waals surface area contributed by atoms with Crippen LogP contribution >= 0.6 is 0 Å². The van der Waals surface area contributed by atoms with E-state index in [2.05, 4.69) is 9.97 Å². The molecular weight excluding hydrogens is 290 g/mol. The molecule has 114 valence electrons. The molecule has 1 unspecified atom stereocenters. The first kappa shape index (κ1) is 14.5. The van der Waals surface area contributed by atoms with Gasteiger partial charge in [0, 0.05) is 32.5 Å². The van der Waals surface area contributed by atoms with Crippen molar-refractivity contribution in [1.29, 1.82) is 5.26 Å². The summed E-state index contributed by atoms with van der Waals surface area (Å²) in [4.78, 5) is 8.76. The molecule has 1 aliphatic heterocycles. The lowest BCUT2D eigenvalue weighted by atomic mass is 10.1. The van der Waals surface area contributed by atoms with Crippen LogP contribution in [0.3, 0.4) is 0 Å². The standard InChI is InChI=1S/C15H14F2N4O/c1-22-10-6-13(15-19-2-3-20-15)21(8-10)14-11(16)4-9(7-18)5-12(14)17/h2-5,10,13H,6,8H2,1H3,(H,19,20)/t10-,13?/m1/s1. The fourth-order valence-electron chi connectivity index (χ4n) is 2.84. The maximum Gasteiger partial charge on any atom is 0.150 e. The number of hydrogen-bond donors (Lipinski definition) is 1. The maximum atomic E-state index is 14.3. The van der Waals surface area contributed by atoms with Crippen molar-refractivity contribution in [2.45, 2.75) is 18.6 Å². The molecule has 1 fully saturated rings. The van der Waals surface area contributed by atoms with Crippen molar-refractivity contribution >= 4 is 5.69 Å². The summed E-state index contributed by atoms with van der Waals surface area (Å²) in [5, 5.41) is 8.79. The smallest absolute Gasteiger partial charge is 0.150 e. The lowest BCUT2D eigenvalue weighted by molar-refractivity contribution is 0.118. The van der Waals surface area contributed by atoms with Gasteiger partial charge in [-0.1, -0.05) is 0 Å². The molecule has 1 saturated heterocycles. The summed E-state index contributed by atoms with van der Waals surface area (Å²) in [7, 11) is 1.57. The second-order valence-electron chi connectivity index (χ2n) is 5.14. The fraction of sp³-hybridized carbons (Fsp3) is 0.333. The minimum atomic E-state index is -0.759. The first-order valence-corrected chi connectivity index (χ1v) is 6.82. The summed E-state index contributed by atoms with van der Waals surface area (Å²) >= 11 is 0. The number of hydrogen-bond acceptors (Lipinski definition) is 4. The van der Waals surface area contributed by atoms with Gasteiger partial charge in [-0.2, -0.15) is 5.26 Å². The zero-order valence-corrected chi connectivity index (χ0v) is 11.9. The van der Waals surface area contributed by atoms with Crippen molar-refractivity contribution < 1.29 is 13.5 Å². The van der Waals surface area contributed by atoms with E-state index in [1.807, 2.05) is 0 Å². The quantitative estimate of drug-likeness (QED) is 0.946. The lowest BCUT2D eigenvalue weighted by Crippen LogP contribution is -2.27. The molecule has 0 amide bonds. The first-order valence-electron chi connectivity index (χ1n) is 6.82. The van der Waals surface area contributed by atoms with E-state index in [9.17, 15) is 8.78 Å². The highest BCUT2D eigenvalue weighted by Gasteiger charge is 2.37. The average Bonchev–Trinajstić information content (AvgIpc) is 3.15. The van der Waals surface area contributed by atoms with Gasteiger partial charge in [0.2, 0.25) is 0 Å². The molecule has 2 aromatic rings. The van der Waals surface area contributed by atoms with E-state index in [4.69, 9.17) is 10.00 Å². The number of methoxy groups -OCH3 is 1. The van der Waals surface area contributed by atoms with Crippen LogP contribution < -0.4 is 4.90 Å². The van der Waals surface area contributed by atoms with Gasteiger partial charge in [-0.3, -0.25) is 0 Å². The third kappa shape index (κ3) is 2.42. The first-order chi connectivity index (χ1) is 10.6. The van der Waals surface area contributed by atoms with Gasteiger partial charge in [0.05, 0.1) is 23.8 Å². The zero-order valence-electron chi connectivity index (χ0n) is 11.9. The van der Waals surface area contributed by atoms with Crippen molar-refractivity contribution in [2.24, 2.45) is 0 Å². The number of anilines is 1. The van der Waals surface area contributed by atoms with Crippen molar-refractivity contribution in [3.05, 3.63) is 47.5 Å². The Morgan fingerprint density at radius 3 is 2.68 bits per heavy atom. The molecular formula is C15H14F2N4O. The molecule has 0 spiro atoms. The van der Waals surface area contributed by atoms with E-state index in [1.165, 1.54) is 0 Å². The van der Waals surface area contributed by atoms with Crippen LogP contribution in [0, 0.1) is 23.0 Å². The fourth-order valence-corrected chi connectivity index (χ4v) is 2.84. The highest BCUT2D eigenvalue weighted by atomic mass is 19.1. The van der Waals surface area contributed by atoms with Crippen LogP contribution in [-0.2, 0) is 4.74 Å². The van der Waals surface area contributed by atoms with Crippen LogP contribution in [-0.4, -0.2) is 29.7 Å². The van der Waals surface area contributed by atoms with Crippen LogP contribution in [0.4, 0.5) is 14.5 Å². The van der Waals surface area contributed by atoms with Crippen molar-refractivity contribution in [1.82, 2.24) is 9.97 Å². The SMILES string of the molecule is CO[C@@H]1CC(c2ncc[nH]2)N(c2c(F)cc(C#N)cc2F)C1. The Kier molecular flexibility index (Phi) is 3.77. The van der Waals surface area contributed by atoms with Crippen LogP contribution in [0.5, 0.6) is 0 Å². The number of rotatable bonds is 3. The highest BCUT2D eigenvalue weighted by molar-refractivity contribution is 5.55. The van der Waals surface area contributed by atoms with Gasteiger partial charge in [0.1, 0.15) is 11.5 Å². The minimum absolute atomic E-state index is 0.0456. The third-order valence-corrected chi connectivity index (χ3v) is 3.86. The van der Waals surface area contributed by atoms with E-state index >= 15 is 0 Å². The van der Waals surface area contributed by atoms with E-state index < -0.39 is 11.6 Å². The van der Waals surface area contributed by atoms with E-state index in [1.54, 1.807) is 30.5 Å². The van der Waals surface area contributed by atoms with Gasteiger partial charge in [-0.15, -0.1) is 0 Å². The molecule has 2 atom stereocenters. The Morgan fingerprint density at radius 2 is 2.14 bits per heavy atom. The third-order valence-electron chi connectivity index (χ3n) is 3.86. The molecule has 0 aliphatic carbocycles.